The van der Waals surface area contributed by atoms with Crippen molar-refractivity contribution in [1.29, 1.82) is 0 Å². The van der Waals surface area contributed by atoms with Gasteiger partial charge in [-0.05, 0) is 12.8 Å². The normalized spacial score (nSPS) is 25.2. The summed E-state index contributed by atoms with van der Waals surface area (Å²) in [5.41, 5.74) is 5.51. The third-order valence-electron chi connectivity index (χ3n) is 3.57. The summed E-state index contributed by atoms with van der Waals surface area (Å²) in [6.07, 6.45) is 4.07. The number of rotatable bonds is 2. The van der Waals surface area contributed by atoms with E-state index in [1.807, 2.05) is 0 Å². The highest BCUT2D eigenvalue weighted by molar-refractivity contribution is 6.35. The summed E-state index contributed by atoms with van der Waals surface area (Å²) in [6, 6.07) is 0.174. The van der Waals surface area contributed by atoms with Gasteiger partial charge in [0.05, 0.1) is 12.7 Å². The van der Waals surface area contributed by atoms with E-state index in [-0.39, 0.29) is 12.1 Å². The van der Waals surface area contributed by atoms with E-state index in [1.54, 1.807) is 0 Å². The quantitative estimate of drug-likeness (QED) is 0.635. The molecule has 2 amide bonds. The molecule has 2 fully saturated rings. The lowest BCUT2D eigenvalue weighted by Crippen LogP contribution is -2.53. The maximum atomic E-state index is 12.0. The highest BCUT2D eigenvalue weighted by Gasteiger charge is 2.29. The zero-order valence-electron chi connectivity index (χ0n) is 10.6. The van der Waals surface area contributed by atoms with Crippen LogP contribution in [0.3, 0.4) is 0 Å². The van der Waals surface area contributed by atoms with Crippen LogP contribution in [0.25, 0.3) is 0 Å². The first kappa shape index (κ1) is 13.3. The lowest BCUT2D eigenvalue weighted by molar-refractivity contribution is -0.150. The van der Waals surface area contributed by atoms with Gasteiger partial charge in [0.15, 0.2) is 0 Å². The van der Waals surface area contributed by atoms with Crippen LogP contribution < -0.4 is 11.1 Å². The number of nitrogens with one attached hydrogen (secondary N) is 1. The van der Waals surface area contributed by atoms with Gasteiger partial charge >= 0.3 is 11.8 Å². The Kier molecular flexibility index (Phi) is 4.54. The first-order valence-corrected chi connectivity index (χ1v) is 6.62. The van der Waals surface area contributed by atoms with Crippen molar-refractivity contribution in [3.05, 3.63) is 0 Å². The summed E-state index contributed by atoms with van der Waals surface area (Å²) in [5, 5.41) is 2.81. The van der Waals surface area contributed by atoms with Crippen molar-refractivity contribution in [3.63, 3.8) is 0 Å². The number of carbonyl (C=O) groups excluding carboxylic acids is 2. The standard InChI is InChI=1S/C12H21N3O3/c13-7-10-8-15(5-6-18-10)12(17)11(16)14-9-3-1-2-4-9/h9-10H,1-8,13H2,(H,14,16). The van der Waals surface area contributed by atoms with Crippen LogP contribution in [0.2, 0.25) is 0 Å². The van der Waals surface area contributed by atoms with Gasteiger partial charge in [-0.15, -0.1) is 0 Å². The Hall–Kier alpha value is -1.14. The molecule has 18 heavy (non-hydrogen) atoms. The Morgan fingerprint density at radius 3 is 2.72 bits per heavy atom. The molecule has 3 N–H and O–H groups in total. The summed E-state index contributed by atoms with van der Waals surface area (Å²) in [5.74, 6) is -0.941. The summed E-state index contributed by atoms with van der Waals surface area (Å²) >= 11 is 0. The fraction of sp³-hybridized carbons (Fsp3) is 0.833. The van der Waals surface area contributed by atoms with Gasteiger partial charge in [0, 0.05) is 25.7 Å². The number of ether oxygens (including phenoxy) is 1. The summed E-state index contributed by atoms with van der Waals surface area (Å²) in [6.45, 7) is 1.69. The van der Waals surface area contributed by atoms with Crippen LogP contribution in [0, 0.1) is 0 Å². The van der Waals surface area contributed by atoms with Crippen molar-refractivity contribution in [2.24, 2.45) is 5.73 Å². The summed E-state index contributed by atoms with van der Waals surface area (Å²) in [4.78, 5) is 25.3. The van der Waals surface area contributed by atoms with E-state index in [9.17, 15) is 9.59 Å². The molecule has 0 aromatic carbocycles. The van der Waals surface area contributed by atoms with Crippen LogP contribution in [0.4, 0.5) is 0 Å². The molecule has 0 aromatic heterocycles. The van der Waals surface area contributed by atoms with Gasteiger partial charge in [-0.25, -0.2) is 0 Å². The molecule has 102 valence electrons. The van der Waals surface area contributed by atoms with Gasteiger partial charge in [0.1, 0.15) is 0 Å². The van der Waals surface area contributed by atoms with E-state index >= 15 is 0 Å². The van der Waals surface area contributed by atoms with Gasteiger partial charge in [-0.2, -0.15) is 0 Å². The third kappa shape index (κ3) is 3.20. The number of amides is 2. The molecule has 0 aromatic rings. The Balaban J connectivity index is 1.83. The minimum Gasteiger partial charge on any atom is -0.373 e. The Morgan fingerprint density at radius 1 is 1.33 bits per heavy atom. The second-order valence-corrected chi connectivity index (χ2v) is 4.93. The maximum Gasteiger partial charge on any atom is 0.312 e. The molecule has 1 aliphatic heterocycles. The lowest BCUT2D eigenvalue weighted by Gasteiger charge is -2.32. The van der Waals surface area contributed by atoms with Crippen LogP contribution in [0.5, 0.6) is 0 Å². The number of nitrogens with two attached hydrogens (primary N) is 1. The lowest BCUT2D eigenvalue weighted by atomic mass is 10.2. The smallest absolute Gasteiger partial charge is 0.312 e. The molecular weight excluding hydrogens is 234 g/mol. The zero-order valence-corrected chi connectivity index (χ0v) is 10.6. The van der Waals surface area contributed by atoms with E-state index in [2.05, 4.69) is 5.32 Å². The molecule has 1 aliphatic carbocycles. The largest absolute Gasteiger partial charge is 0.373 e. The molecular formula is C12H21N3O3. The van der Waals surface area contributed by atoms with E-state index in [0.717, 1.165) is 25.7 Å². The Morgan fingerprint density at radius 2 is 2.06 bits per heavy atom. The van der Waals surface area contributed by atoms with Crippen LogP contribution in [-0.4, -0.2) is 55.1 Å². The average Bonchev–Trinajstić information content (AvgIpc) is 2.90. The fourth-order valence-corrected chi connectivity index (χ4v) is 2.51. The second-order valence-electron chi connectivity index (χ2n) is 4.93. The minimum absolute atomic E-state index is 0.151. The number of hydrogen-bond donors (Lipinski definition) is 2. The van der Waals surface area contributed by atoms with Crippen molar-refractivity contribution in [3.8, 4) is 0 Å². The van der Waals surface area contributed by atoms with Crippen LogP contribution in [0.1, 0.15) is 25.7 Å². The summed E-state index contributed by atoms with van der Waals surface area (Å²) < 4.78 is 5.37. The predicted molar refractivity (Wildman–Crippen MR) is 65.8 cm³/mol. The van der Waals surface area contributed by atoms with Crippen LogP contribution in [-0.2, 0) is 14.3 Å². The molecule has 6 nitrogen and oxygen atoms in total. The van der Waals surface area contributed by atoms with Gasteiger partial charge in [-0.3, -0.25) is 9.59 Å². The van der Waals surface area contributed by atoms with Crippen molar-refractivity contribution in [2.45, 2.75) is 37.8 Å². The van der Waals surface area contributed by atoms with Gasteiger partial charge in [-0.1, -0.05) is 12.8 Å². The third-order valence-corrected chi connectivity index (χ3v) is 3.57. The molecule has 1 saturated carbocycles. The number of morpholine rings is 1. The van der Waals surface area contributed by atoms with Crippen molar-refractivity contribution in [1.82, 2.24) is 10.2 Å². The van der Waals surface area contributed by atoms with Gasteiger partial charge < -0.3 is 20.7 Å². The molecule has 1 atom stereocenters. The number of nitrogens with zero attached hydrogens (tertiary/aromatic N) is 1. The van der Waals surface area contributed by atoms with E-state index in [1.165, 1.54) is 4.90 Å². The Bertz CT molecular complexity index is 316. The van der Waals surface area contributed by atoms with E-state index in [0.29, 0.717) is 26.2 Å². The van der Waals surface area contributed by atoms with Crippen molar-refractivity contribution in [2.75, 3.05) is 26.2 Å². The average molecular weight is 255 g/mol. The first-order valence-electron chi connectivity index (χ1n) is 6.62. The maximum absolute atomic E-state index is 12.0. The van der Waals surface area contributed by atoms with Crippen LogP contribution in [0.15, 0.2) is 0 Å². The minimum atomic E-state index is -0.487. The molecule has 2 aliphatic rings. The van der Waals surface area contributed by atoms with Gasteiger partial charge in [0.25, 0.3) is 0 Å². The monoisotopic (exact) mass is 255 g/mol. The predicted octanol–water partition coefficient (Wildman–Crippen LogP) is -0.769. The van der Waals surface area contributed by atoms with Crippen molar-refractivity contribution < 1.29 is 14.3 Å². The number of carbonyl (C=O) groups is 2. The first-order chi connectivity index (χ1) is 8.70. The fourth-order valence-electron chi connectivity index (χ4n) is 2.51. The topological polar surface area (TPSA) is 84.7 Å². The van der Waals surface area contributed by atoms with Gasteiger partial charge in [0.2, 0.25) is 0 Å². The van der Waals surface area contributed by atoms with E-state index < -0.39 is 11.8 Å². The molecule has 6 heteroatoms. The molecule has 0 spiro atoms. The second kappa shape index (κ2) is 6.15. The van der Waals surface area contributed by atoms with E-state index in [4.69, 9.17) is 10.5 Å². The zero-order chi connectivity index (χ0) is 13.0. The summed E-state index contributed by atoms with van der Waals surface area (Å²) in [7, 11) is 0. The van der Waals surface area contributed by atoms with Crippen molar-refractivity contribution >= 4 is 11.8 Å². The molecule has 0 bridgehead atoms. The molecule has 1 unspecified atom stereocenters. The Labute approximate surface area is 107 Å². The SMILES string of the molecule is NCC1CN(C(=O)C(=O)NC2CCCC2)CCO1. The molecule has 2 rings (SSSR count). The van der Waals surface area contributed by atoms with Crippen LogP contribution >= 0.6 is 0 Å². The molecule has 1 heterocycles. The molecule has 0 radical (unpaired) electrons. The molecule has 1 saturated heterocycles. The number of hydrogen-bond acceptors (Lipinski definition) is 4. The highest BCUT2D eigenvalue weighted by atomic mass is 16.5. The highest BCUT2D eigenvalue weighted by Crippen LogP contribution is 2.17.